The van der Waals surface area contributed by atoms with E-state index in [1.54, 1.807) is 0 Å². The number of aryl methyl sites for hydroxylation is 1. The van der Waals surface area contributed by atoms with Gasteiger partial charge in [0.05, 0.1) is 11.4 Å². The molecular weight excluding hydrogens is 876 g/mol. The predicted molar refractivity (Wildman–Crippen MR) is 312 cm³/mol. The standard InChI is InChI=1S/C67H73BN2S/c1-63(2,3)44-26-30-49(31-27-44)69-56-23-18-24-57-60(56)68(62-61(69)53-40-46(65(7,8)9)29-34-59(53)71-62)54-32-25-42(43-35-47(66(10,11)12)38-48(36-43)67(13,14)15)37-58(54)70(57)55-33-28-45(64(4,5)6)39-52(55)51-22-17-20-41-19-16-21-50(41)51/h17-18,20,22-40H,16,19,21H2,1-15H3. The SMILES string of the molecule is CC(C)(C)c1ccc(N2c3cccc4c3B(c3ccc(-c5cc(C(C)(C)C)cc(C(C)(C)C)c5)cc3N4c3ccc(C(C)(C)C)cc3-c3cccc4c3CCC4)c3sc4ccc(C(C)(C)C)cc4c32)cc1. The molecule has 0 saturated heterocycles. The maximum atomic E-state index is 2.68. The molecule has 0 bridgehead atoms. The van der Waals surface area contributed by atoms with E-state index in [4.69, 9.17) is 0 Å². The lowest BCUT2D eigenvalue weighted by molar-refractivity contribution is 0.569. The largest absolute Gasteiger partial charge is 0.311 e. The molecule has 2 nitrogen and oxygen atoms in total. The Morgan fingerprint density at radius 3 is 1.68 bits per heavy atom. The van der Waals surface area contributed by atoms with Crippen molar-refractivity contribution in [2.24, 2.45) is 0 Å². The van der Waals surface area contributed by atoms with E-state index >= 15 is 0 Å². The second-order valence-electron chi connectivity index (χ2n) is 26.2. The third kappa shape index (κ3) is 8.08. The van der Waals surface area contributed by atoms with Crippen LogP contribution in [0.4, 0.5) is 34.1 Å². The van der Waals surface area contributed by atoms with Crippen LogP contribution in [0.5, 0.6) is 0 Å². The molecule has 1 aliphatic carbocycles. The van der Waals surface area contributed by atoms with Crippen molar-refractivity contribution in [1.29, 1.82) is 0 Å². The van der Waals surface area contributed by atoms with Crippen molar-refractivity contribution in [2.75, 3.05) is 9.80 Å². The Hall–Kier alpha value is -5.84. The number of nitrogens with zero attached hydrogens (tertiary/aromatic N) is 2. The summed E-state index contributed by atoms with van der Waals surface area (Å²) in [5.74, 6) is 0. The number of benzene rings is 7. The second kappa shape index (κ2) is 16.3. The summed E-state index contributed by atoms with van der Waals surface area (Å²) in [5.41, 5.74) is 25.3. The monoisotopic (exact) mass is 949 g/mol. The molecule has 11 rings (SSSR count). The van der Waals surface area contributed by atoms with Crippen LogP contribution in [0.2, 0.25) is 0 Å². The molecule has 1 aromatic heterocycles. The van der Waals surface area contributed by atoms with Crippen LogP contribution < -0.4 is 25.5 Å². The number of hydrogen-bond acceptors (Lipinski definition) is 3. The maximum absolute atomic E-state index is 2.68. The lowest BCUT2D eigenvalue weighted by Crippen LogP contribution is -2.60. The Morgan fingerprint density at radius 2 is 1.03 bits per heavy atom. The second-order valence-corrected chi connectivity index (χ2v) is 27.3. The third-order valence-electron chi connectivity index (χ3n) is 16.0. The minimum absolute atomic E-state index is 0.00327. The smallest absolute Gasteiger partial charge is 0.264 e. The van der Waals surface area contributed by atoms with Crippen molar-refractivity contribution in [3.05, 3.63) is 172 Å². The molecule has 2 aliphatic heterocycles. The highest BCUT2D eigenvalue weighted by Gasteiger charge is 2.46. The van der Waals surface area contributed by atoms with Gasteiger partial charge in [-0.1, -0.05) is 183 Å². The average molecular weight is 949 g/mol. The van der Waals surface area contributed by atoms with Crippen LogP contribution in [-0.4, -0.2) is 6.71 Å². The summed E-state index contributed by atoms with van der Waals surface area (Å²) in [6.07, 6.45) is 3.46. The predicted octanol–water partition coefficient (Wildman–Crippen LogP) is 17.3. The van der Waals surface area contributed by atoms with Gasteiger partial charge in [-0.05, 0) is 167 Å². The van der Waals surface area contributed by atoms with Gasteiger partial charge in [-0.15, -0.1) is 11.3 Å². The number of fused-ring (bicyclic) bond motifs is 7. The molecule has 0 radical (unpaired) electrons. The van der Waals surface area contributed by atoms with Gasteiger partial charge in [0.1, 0.15) is 0 Å². The summed E-state index contributed by atoms with van der Waals surface area (Å²) in [4.78, 5) is 5.30. The topological polar surface area (TPSA) is 6.48 Å². The molecule has 4 heteroatoms. The molecular formula is C67H73BN2S. The quantitative estimate of drug-likeness (QED) is 0.162. The molecule has 0 unspecified atom stereocenters. The van der Waals surface area contributed by atoms with E-state index in [9.17, 15) is 0 Å². The van der Waals surface area contributed by atoms with Gasteiger partial charge < -0.3 is 9.80 Å². The highest BCUT2D eigenvalue weighted by molar-refractivity contribution is 7.33. The van der Waals surface area contributed by atoms with Gasteiger partial charge in [-0.25, -0.2) is 0 Å². The molecule has 0 saturated carbocycles. The summed E-state index contributed by atoms with van der Waals surface area (Å²) >= 11 is 1.99. The molecule has 360 valence electrons. The van der Waals surface area contributed by atoms with Crippen LogP contribution in [0, 0.1) is 0 Å². The van der Waals surface area contributed by atoms with Crippen LogP contribution in [0.15, 0.2) is 133 Å². The van der Waals surface area contributed by atoms with Gasteiger partial charge >= 0.3 is 0 Å². The zero-order chi connectivity index (χ0) is 50.3. The number of anilines is 6. The first kappa shape index (κ1) is 47.5. The molecule has 7 aromatic carbocycles. The molecule has 0 atom stereocenters. The fourth-order valence-corrected chi connectivity index (χ4v) is 12.9. The Kier molecular flexibility index (Phi) is 10.9. The highest BCUT2D eigenvalue weighted by atomic mass is 32.1. The zero-order valence-electron chi connectivity index (χ0n) is 45.2. The van der Waals surface area contributed by atoms with Gasteiger partial charge in [-0.3, -0.25) is 0 Å². The molecule has 0 N–H and O–H groups in total. The van der Waals surface area contributed by atoms with E-state index in [1.807, 2.05) is 11.3 Å². The summed E-state index contributed by atoms with van der Waals surface area (Å²) in [7, 11) is 0. The fraction of sp³-hybridized carbons (Fsp3) is 0.343. The summed E-state index contributed by atoms with van der Waals surface area (Å²) < 4.78 is 2.74. The summed E-state index contributed by atoms with van der Waals surface area (Å²) in [5, 5.41) is 1.33. The zero-order valence-corrected chi connectivity index (χ0v) is 46.0. The van der Waals surface area contributed by atoms with Crippen LogP contribution in [-0.2, 0) is 39.9 Å². The van der Waals surface area contributed by atoms with Gasteiger partial charge in [0.2, 0.25) is 0 Å². The molecule has 3 aliphatic rings. The Bertz CT molecular complexity index is 3390. The third-order valence-corrected chi connectivity index (χ3v) is 17.2. The lowest BCUT2D eigenvalue weighted by atomic mass is 9.36. The van der Waals surface area contributed by atoms with Crippen LogP contribution in [0.1, 0.15) is 149 Å². The van der Waals surface area contributed by atoms with Crippen molar-refractivity contribution < 1.29 is 0 Å². The molecule has 0 amide bonds. The van der Waals surface area contributed by atoms with E-state index in [2.05, 4.69) is 247 Å². The van der Waals surface area contributed by atoms with Crippen molar-refractivity contribution in [2.45, 2.75) is 150 Å². The molecule has 0 spiro atoms. The Labute approximate surface area is 430 Å². The minimum Gasteiger partial charge on any atom is -0.311 e. The molecule has 0 fully saturated rings. The van der Waals surface area contributed by atoms with Gasteiger partial charge in [-0.2, -0.15) is 0 Å². The Balaban J connectivity index is 1.24. The number of hydrogen-bond donors (Lipinski definition) is 0. The summed E-state index contributed by atoms with van der Waals surface area (Å²) in [6, 6.07) is 53.3. The van der Waals surface area contributed by atoms with Gasteiger partial charge in [0.15, 0.2) is 0 Å². The normalized spacial score (nSPS) is 14.7. The summed E-state index contributed by atoms with van der Waals surface area (Å²) in [6.45, 7) is 35.2. The molecule has 8 aromatic rings. The maximum Gasteiger partial charge on any atom is 0.264 e. The van der Waals surface area contributed by atoms with Gasteiger partial charge in [0.25, 0.3) is 6.71 Å². The van der Waals surface area contributed by atoms with Crippen molar-refractivity contribution >= 4 is 78.0 Å². The van der Waals surface area contributed by atoms with Crippen molar-refractivity contribution in [1.82, 2.24) is 0 Å². The highest BCUT2D eigenvalue weighted by Crippen LogP contribution is 2.51. The average Bonchev–Trinajstić information content (AvgIpc) is 3.95. The molecule has 71 heavy (non-hydrogen) atoms. The van der Waals surface area contributed by atoms with Crippen LogP contribution in [0.3, 0.4) is 0 Å². The van der Waals surface area contributed by atoms with E-state index in [1.165, 1.54) is 128 Å². The fourth-order valence-electron chi connectivity index (χ4n) is 11.6. The van der Waals surface area contributed by atoms with Crippen molar-refractivity contribution in [3.8, 4) is 22.3 Å². The minimum atomic E-state index is -0.0223. The Morgan fingerprint density at radius 1 is 0.437 bits per heavy atom. The first-order chi connectivity index (χ1) is 33.4. The van der Waals surface area contributed by atoms with Crippen molar-refractivity contribution in [3.63, 3.8) is 0 Å². The number of rotatable bonds is 4. The van der Waals surface area contributed by atoms with E-state index < -0.39 is 0 Å². The van der Waals surface area contributed by atoms with E-state index in [0.29, 0.717) is 0 Å². The van der Waals surface area contributed by atoms with E-state index in [-0.39, 0.29) is 33.8 Å². The first-order valence-electron chi connectivity index (χ1n) is 26.3. The van der Waals surface area contributed by atoms with E-state index in [0.717, 1.165) is 12.8 Å². The van der Waals surface area contributed by atoms with Gasteiger partial charge in [0, 0.05) is 43.2 Å². The van der Waals surface area contributed by atoms with Crippen LogP contribution in [0.25, 0.3) is 32.3 Å². The lowest BCUT2D eigenvalue weighted by Gasteiger charge is -2.44. The van der Waals surface area contributed by atoms with Crippen LogP contribution >= 0.6 is 11.3 Å². The number of thiophene rings is 1. The first-order valence-corrected chi connectivity index (χ1v) is 27.1. The molecule has 3 heterocycles.